The molecule has 0 aliphatic carbocycles. The first-order valence-electron chi connectivity index (χ1n) is 10.7. The van der Waals surface area contributed by atoms with Gasteiger partial charge in [-0.2, -0.15) is 0 Å². The lowest BCUT2D eigenvalue weighted by atomic mass is 10.1. The Labute approximate surface area is 191 Å². The second kappa shape index (κ2) is 10.2. The highest BCUT2D eigenvalue weighted by Crippen LogP contribution is 2.29. The van der Waals surface area contributed by atoms with Crippen LogP contribution in [0.2, 0.25) is 0 Å². The molecule has 4 rings (SSSR count). The van der Waals surface area contributed by atoms with Gasteiger partial charge in [0.05, 0.1) is 12.1 Å². The Morgan fingerprint density at radius 3 is 2.68 bits per heavy atom. The molecule has 1 fully saturated rings. The lowest BCUT2D eigenvalue weighted by Gasteiger charge is -2.26. The van der Waals surface area contributed by atoms with Crippen molar-refractivity contribution in [2.24, 2.45) is 0 Å². The molecule has 31 heavy (non-hydrogen) atoms. The average molecular weight is 483 g/mol. The molecule has 2 heterocycles. The first kappa shape index (κ1) is 21.7. The number of likely N-dealkylation sites (tertiary alicyclic amines) is 1. The van der Waals surface area contributed by atoms with E-state index in [0.29, 0.717) is 31.9 Å². The molecule has 1 aliphatic heterocycles. The van der Waals surface area contributed by atoms with Crippen molar-refractivity contribution in [1.82, 2.24) is 14.9 Å². The molecule has 1 saturated heterocycles. The van der Waals surface area contributed by atoms with Crippen molar-refractivity contribution in [2.75, 3.05) is 44.8 Å². The van der Waals surface area contributed by atoms with Gasteiger partial charge in [-0.15, -0.1) is 0 Å². The van der Waals surface area contributed by atoms with E-state index in [1.807, 2.05) is 53.4 Å². The number of ether oxygens (including phenoxy) is 1. The predicted octanol–water partition coefficient (Wildman–Crippen LogP) is 4.52. The number of benzene rings is 2. The minimum atomic E-state index is 0.213. The summed E-state index contributed by atoms with van der Waals surface area (Å²) in [6.07, 6.45) is 2.67. The molecule has 0 atom stereocenters. The summed E-state index contributed by atoms with van der Waals surface area (Å²) in [5, 5.41) is 0.978. The quantitative estimate of drug-likeness (QED) is 0.472. The van der Waals surface area contributed by atoms with Crippen LogP contribution >= 0.6 is 15.9 Å². The Bertz CT molecular complexity index is 1050. The van der Waals surface area contributed by atoms with Crippen molar-refractivity contribution in [3.05, 3.63) is 53.0 Å². The minimum Gasteiger partial charge on any atom is -0.383 e. The fourth-order valence-electron chi connectivity index (χ4n) is 3.94. The molecule has 0 N–H and O–H groups in total. The molecular weight excluding hydrogens is 456 g/mol. The minimum absolute atomic E-state index is 0.213. The summed E-state index contributed by atoms with van der Waals surface area (Å²) in [7, 11) is 1.69. The molecule has 1 aliphatic rings. The van der Waals surface area contributed by atoms with E-state index in [4.69, 9.17) is 14.7 Å². The third-order valence-corrected chi connectivity index (χ3v) is 6.08. The highest BCUT2D eigenvalue weighted by Gasteiger charge is 2.21. The molecule has 1 aromatic heterocycles. The van der Waals surface area contributed by atoms with Gasteiger partial charge in [0.25, 0.3) is 0 Å². The van der Waals surface area contributed by atoms with Crippen molar-refractivity contribution in [3.63, 3.8) is 0 Å². The van der Waals surface area contributed by atoms with E-state index in [9.17, 15) is 4.79 Å². The molecule has 1 amide bonds. The van der Waals surface area contributed by atoms with Crippen LogP contribution in [0.15, 0.2) is 53.0 Å². The number of carbonyl (C=O) groups excluding carboxylic acids is 1. The van der Waals surface area contributed by atoms with Gasteiger partial charge in [-0.1, -0.05) is 40.2 Å². The van der Waals surface area contributed by atoms with Crippen molar-refractivity contribution in [1.29, 1.82) is 0 Å². The number of fused-ring (bicyclic) bond motifs is 1. The number of hydrogen-bond donors (Lipinski definition) is 0. The number of carbonyl (C=O) groups is 1. The highest BCUT2D eigenvalue weighted by atomic mass is 79.9. The average Bonchev–Trinajstić information content (AvgIpc) is 3.33. The molecule has 0 bridgehead atoms. The van der Waals surface area contributed by atoms with E-state index in [1.165, 1.54) is 0 Å². The molecule has 0 spiro atoms. The first-order valence-corrected chi connectivity index (χ1v) is 11.5. The Hall–Kier alpha value is -2.51. The second-order valence-corrected chi connectivity index (χ2v) is 8.63. The lowest BCUT2D eigenvalue weighted by molar-refractivity contribution is -0.129. The second-order valence-electron chi connectivity index (χ2n) is 7.72. The van der Waals surface area contributed by atoms with Gasteiger partial charge in [0, 0.05) is 55.1 Å². The summed E-state index contributed by atoms with van der Waals surface area (Å²) in [6.45, 7) is 3.56. The summed E-state index contributed by atoms with van der Waals surface area (Å²) in [4.78, 5) is 26.6. The number of para-hydroxylation sites is 1. The van der Waals surface area contributed by atoms with Crippen LogP contribution < -0.4 is 4.90 Å². The maximum Gasteiger partial charge on any atom is 0.224 e. The van der Waals surface area contributed by atoms with Crippen LogP contribution in [-0.4, -0.2) is 60.7 Å². The highest BCUT2D eigenvalue weighted by molar-refractivity contribution is 9.10. The van der Waals surface area contributed by atoms with Crippen LogP contribution in [0, 0.1) is 0 Å². The number of rotatable bonds is 8. The summed E-state index contributed by atoms with van der Waals surface area (Å²) in [5.41, 5.74) is 1.83. The number of nitrogens with zero attached hydrogens (tertiary/aromatic N) is 4. The van der Waals surface area contributed by atoms with Crippen LogP contribution in [0.5, 0.6) is 0 Å². The fourth-order valence-corrected chi connectivity index (χ4v) is 4.34. The number of hydrogen-bond acceptors (Lipinski definition) is 5. The zero-order valence-electron chi connectivity index (χ0n) is 17.8. The molecule has 0 unspecified atom stereocenters. The number of halogens is 1. The third-order valence-electron chi connectivity index (χ3n) is 5.59. The van der Waals surface area contributed by atoms with Gasteiger partial charge in [-0.05, 0) is 37.1 Å². The summed E-state index contributed by atoms with van der Waals surface area (Å²) < 4.78 is 6.34. The van der Waals surface area contributed by atoms with Crippen LogP contribution in [0.4, 0.5) is 5.82 Å². The molecule has 0 radical (unpaired) electrons. The number of aromatic nitrogens is 2. The van der Waals surface area contributed by atoms with E-state index in [-0.39, 0.29) is 5.91 Å². The SMILES string of the molecule is COCCN(CCC(=O)N1CCCC1)c1nc(-c2cccc(Br)c2)nc2ccccc12. The number of anilines is 1. The molecule has 3 aromatic rings. The largest absolute Gasteiger partial charge is 0.383 e. The van der Waals surface area contributed by atoms with Crippen molar-refractivity contribution >= 4 is 38.6 Å². The molecule has 7 heteroatoms. The van der Waals surface area contributed by atoms with E-state index in [2.05, 4.69) is 20.8 Å². The summed E-state index contributed by atoms with van der Waals surface area (Å²) in [5.74, 6) is 1.72. The smallest absolute Gasteiger partial charge is 0.224 e. The van der Waals surface area contributed by atoms with Gasteiger partial charge >= 0.3 is 0 Å². The maximum atomic E-state index is 12.7. The Balaban J connectivity index is 1.69. The molecule has 6 nitrogen and oxygen atoms in total. The zero-order valence-corrected chi connectivity index (χ0v) is 19.3. The van der Waals surface area contributed by atoms with Crippen molar-refractivity contribution in [3.8, 4) is 11.4 Å². The van der Waals surface area contributed by atoms with Crippen LogP contribution in [0.1, 0.15) is 19.3 Å². The van der Waals surface area contributed by atoms with Gasteiger partial charge in [0.15, 0.2) is 5.82 Å². The molecular formula is C24H27BrN4O2. The van der Waals surface area contributed by atoms with Crippen molar-refractivity contribution in [2.45, 2.75) is 19.3 Å². The van der Waals surface area contributed by atoms with Gasteiger partial charge in [-0.3, -0.25) is 4.79 Å². The van der Waals surface area contributed by atoms with Gasteiger partial charge in [0.1, 0.15) is 5.82 Å². The monoisotopic (exact) mass is 482 g/mol. The zero-order chi connectivity index (χ0) is 21.6. The van der Waals surface area contributed by atoms with Crippen LogP contribution in [0.3, 0.4) is 0 Å². The van der Waals surface area contributed by atoms with E-state index in [0.717, 1.165) is 52.7 Å². The number of amides is 1. The van der Waals surface area contributed by atoms with Gasteiger partial charge < -0.3 is 14.5 Å². The first-order chi connectivity index (χ1) is 15.2. The fraction of sp³-hybridized carbons (Fsp3) is 0.375. The predicted molar refractivity (Wildman–Crippen MR) is 127 cm³/mol. The summed E-state index contributed by atoms with van der Waals surface area (Å²) >= 11 is 3.54. The number of methoxy groups -OCH3 is 1. The molecule has 0 saturated carbocycles. The summed E-state index contributed by atoms with van der Waals surface area (Å²) in [6, 6.07) is 16.0. The van der Waals surface area contributed by atoms with Crippen LogP contribution in [-0.2, 0) is 9.53 Å². The van der Waals surface area contributed by atoms with Crippen LogP contribution in [0.25, 0.3) is 22.3 Å². The Morgan fingerprint density at radius 1 is 1.10 bits per heavy atom. The standard InChI is InChI=1S/C24H27BrN4O2/c1-31-16-15-29(14-11-22(30)28-12-4-5-13-28)24-20-9-2-3-10-21(20)26-23(27-24)18-7-6-8-19(25)17-18/h2-3,6-10,17H,4-5,11-16H2,1H3. The van der Waals surface area contributed by atoms with Gasteiger partial charge in [0.2, 0.25) is 5.91 Å². The van der Waals surface area contributed by atoms with E-state index >= 15 is 0 Å². The lowest BCUT2D eigenvalue weighted by Crippen LogP contribution is -2.35. The van der Waals surface area contributed by atoms with Crippen molar-refractivity contribution < 1.29 is 9.53 Å². The molecule has 2 aromatic carbocycles. The Kier molecular flexibility index (Phi) is 7.14. The van der Waals surface area contributed by atoms with E-state index < -0.39 is 0 Å². The Morgan fingerprint density at radius 2 is 1.90 bits per heavy atom. The molecule has 162 valence electrons. The normalized spacial score (nSPS) is 13.7. The third kappa shape index (κ3) is 5.22. The van der Waals surface area contributed by atoms with Gasteiger partial charge in [-0.25, -0.2) is 9.97 Å². The van der Waals surface area contributed by atoms with E-state index in [1.54, 1.807) is 7.11 Å². The maximum absolute atomic E-state index is 12.7. The topological polar surface area (TPSA) is 58.6 Å².